The molecule has 1 heterocycles. The Morgan fingerprint density at radius 1 is 1.40 bits per heavy atom. The number of benzene rings is 1. The lowest BCUT2D eigenvalue weighted by Gasteiger charge is -2.00. The van der Waals surface area contributed by atoms with E-state index in [9.17, 15) is 0 Å². The molecule has 0 radical (unpaired) electrons. The molecule has 0 saturated carbocycles. The van der Waals surface area contributed by atoms with Gasteiger partial charge in [0.25, 0.3) is 0 Å². The van der Waals surface area contributed by atoms with Crippen molar-refractivity contribution in [3.63, 3.8) is 0 Å². The van der Waals surface area contributed by atoms with Gasteiger partial charge in [-0.25, -0.2) is 4.98 Å². The average molecular weight is 283 g/mol. The second kappa shape index (κ2) is 4.33. The molecule has 1 aromatic heterocycles. The summed E-state index contributed by atoms with van der Waals surface area (Å²) in [6.45, 7) is 2.09. The fraction of sp³-hybridized carbons (Fsp3) is 0.182. The molecule has 1 aromatic carbocycles. The largest absolute Gasteiger partial charge is 0.365 e. The van der Waals surface area contributed by atoms with E-state index in [2.05, 4.69) is 51.4 Å². The number of thiazole rings is 1. The minimum atomic E-state index is 0.950. The van der Waals surface area contributed by atoms with Gasteiger partial charge in [0.15, 0.2) is 5.13 Å². The minimum absolute atomic E-state index is 0.950. The van der Waals surface area contributed by atoms with Gasteiger partial charge in [-0.3, -0.25) is 0 Å². The van der Waals surface area contributed by atoms with Gasteiger partial charge in [-0.15, -0.1) is 0 Å². The summed E-state index contributed by atoms with van der Waals surface area (Å²) in [7, 11) is 1.88. The summed E-state index contributed by atoms with van der Waals surface area (Å²) >= 11 is 5.16. The van der Waals surface area contributed by atoms with Crippen molar-refractivity contribution in [1.29, 1.82) is 0 Å². The molecule has 0 aliphatic heterocycles. The Morgan fingerprint density at radius 2 is 2.20 bits per heavy atom. The Bertz CT molecular complexity index is 479. The van der Waals surface area contributed by atoms with Gasteiger partial charge in [0, 0.05) is 17.7 Å². The lowest BCUT2D eigenvalue weighted by molar-refractivity contribution is 1.36. The SMILES string of the molecule is CNc1ncc(-c2ccc(Br)c(C)c2)s1. The summed E-state index contributed by atoms with van der Waals surface area (Å²) in [5.74, 6) is 0. The van der Waals surface area contributed by atoms with E-state index >= 15 is 0 Å². The Morgan fingerprint density at radius 3 is 2.80 bits per heavy atom. The highest BCUT2D eigenvalue weighted by Crippen LogP contribution is 2.30. The van der Waals surface area contributed by atoms with Crippen LogP contribution in [0, 0.1) is 6.92 Å². The van der Waals surface area contributed by atoms with Crippen molar-refractivity contribution in [3.8, 4) is 10.4 Å². The van der Waals surface area contributed by atoms with Crippen molar-refractivity contribution in [2.24, 2.45) is 0 Å². The van der Waals surface area contributed by atoms with Crippen LogP contribution in [0.2, 0.25) is 0 Å². The summed E-state index contributed by atoms with van der Waals surface area (Å²) in [4.78, 5) is 5.45. The minimum Gasteiger partial charge on any atom is -0.365 e. The molecule has 78 valence electrons. The average Bonchev–Trinajstić information content (AvgIpc) is 2.70. The zero-order chi connectivity index (χ0) is 10.8. The molecule has 2 nitrogen and oxygen atoms in total. The van der Waals surface area contributed by atoms with Gasteiger partial charge in [-0.1, -0.05) is 33.3 Å². The normalized spacial score (nSPS) is 10.3. The summed E-state index contributed by atoms with van der Waals surface area (Å²) in [6, 6.07) is 6.34. The van der Waals surface area contributed by atoms with Crippen LogP contribution >= 0.6 is 27.3 Å². The van der Waals surface area contributed by atoms with Gasteiger partial charge >= 0.3 is 0 Å². The fourth-order valence-corrected chi connectivity index (χ4v) is 2.33. The summed E-state index contributed by atoms with van der Waals surface area (Å²) in [5.41, 5.74) is 2.46. The van der Waals surface area contributed by atoms with Crippen molar-refractivity contribution < 1.29 is 0 Å². The first-order valence-electron chi connectivity index (χ1n) is 4.61. The summed E-state index contributed by atoms with van der Waals surface area (Å²) < 4.78 is 1.14. The number of halogens is 1. The number of anilines is 1. The first kappa shape index (κ1) is 10.6. The molecule has 15 heavy (non-hydrogen) atoms. The molecule has 2 rings (SSSR count). The third-order valence-corrected chi connectivity index (χ3v) is 4.12. The van der Waals surface area contributed by atoms with Gasteiger partial charge in [-0.2, -0.15) is 0 Å². The molecule has 0 aliphatic rings. The van der Waals surface area contributed by atoms with E-state index < -0.39 is 0 Å². The Kier molecular flexibility index (Phi) is 3.07. The van der Waals surface area contributed by atoms with E-state index in [0.29, 0.717) is 0 Å². The van der Waals surface area contributed by atoms with E-state index in [1.165, 1.54) is 16.0 Å². The van der Waals surface area contributed by atoms with Crippen molar-refractivity contribution in [1.82, 2.24) is 4.98 Å². The van der Waals surface area contributed by atoms with Gasteiger partial charge < -0.3 is 5.32 Å². The van der Waals surface area contributed by atoms with E-state index in [1.807, 2.05) is 13.2 Å². The number of rotatable bonds is 2. The standard InChI is InChI=1S/C11H11BrN2S/c1-7-5-8(3-4-9(7)12)10-6-14-11(13-2)15-10/h3-6H,1-2H3,(H,13,14). The van der Waals surface area contributed by atoms with Gasteiger partial charge in [0.2, 0.25) is 0 Å². The third-order valence-electron chi connectivity index (χ3n) is 2.16. The predicted octanol–water partition coefficient (Wildman–Crippen LogP) is 3.92. The fourth-order valence-electron chi connectivity index (χ4n) is 1.32. The zero-order valence-corrected chi connectivity index (χ0v) is 10.9. The van der Waals surface area contributed by atoms with Crippen molar-refractivity contribution in [2.75, 3.05) is 12.4 Å². The molecule has 0 spiro atoms. The quantitative estimate of drug-likeness (QED) is 0.903. The van der Waals surface area contributed by atoms with Crippen LogP contribution in [-0.2, 0) is 0 Å². The molecule has 4 heteroatoms. The molecule has 0 aliphatic carbocycles. The summed E-state index contributed by atoms with van der Waals surface area (Å²) in [6.07, 6.45) is 1.90. The van der Waals surface area contributed by atoms with Crippen LogP contribution in [0.15, 0.2) is 28.9 Å². The highest BCUT2D eigenvalue weighted by atomic mass is 79.9. The van der Waals surface area contributed by atoms with Crippen molar-refractivity contribution in [3.05, 3.63) is 34.4 Å². The molecule has 1 N–H and O–H groups in total. The van der Waals surface area contributed by atoms with E-state index in [4.69, 9.17) is 0 Å². The van der Waals surface area contributed by atoms with E-state index in [-0.39, 0.29) is 0 Å². The highest BCUT2D eigenvalue weighted by molar-refractivity contribution is 9.10. The van der Waals surface area contributed by atoms with Crippen LogP contribution in [0.25, 0.3) is 10.4 Å². The van der Waals surface area contributed by atoms with Gasteiger partial charge in [0.05, 0.1) is 4.88 Å². The molecular weight excluding hydrogens is 272 g/mol. The molecule has 0 fully saturated rings. The van der Waals surface area contributed by atoms with Crippen LogP contribution in [0.3, 0.4) is 0 Å². The maximum absolute atomic E-state index is 4.26. The van der Waals surface area contributed by atoms with E-state index in [1.54, 1.807) is 11.3 Å². The molecule has 0 atom stereocenters. The van der Waals surface area contributed by atoms with Crippen LogP contribution in [0.4, 0.5) is 5.13 Å². The molecule has 0 saturated heterocycles. The monoisotopic (exact) mass is 282 g/mol. The van der Waals surface area contributed by atoms with Gasteiger partial charge in [-0.05, 0) is 30.2 Å². The number of hydrogen-bond acceptors (Lipinski definition) is 3. The van der Waals surface area contributed by atoms with Crippen LogP contribution in [0.1, 0.15) is 5.56 Å². The Hall–Kier alpha value is -0.870. The lowest BCUT2D eigenvalue weighted by Crippen LogP contribution is -1.83. The maximum Gasteiger partial charge on any atom is 0.182 e. The Balaban J connectivity index is 2.40. The number of aromatic nitrogens is 1. The van der Waals surface area contributed by atoms with Crippen LogP contribution in [0.5, 0.6) is 0 Å². The number of nitrogens with one attached hydrogen (secondary N) is 1. The molecule has 0 unspecified atom stereocenters. The number of nitrogens with zero attached hydrogens (tertiary/aromatic N) is 1. The van der Waals surface area contributed by atoms with Crippen molar-refractivity contribution >= 4 is 32.4 Å². The smallest absolute Gasteiger partial charge is 0.182 e. The summed E-state index contributed by atoms with van der Waals surface area (Å²) in [5, 5.41) is 3.99. The second-order valence-corrected chi connectivity index (χ2v) is 5.13. The highest BCUT2D eigenvalue weighted by Gasteiger charge is 2.04. The third kappa shape index (κ3) is 2.21. The molecular formula is C11H11BrN2S. The van der Waals surface area contributed by atoms with Crippen LogP contribution in [-0.4, -0.2) is 12.0 Å². The first-order valence-corrected chi connectivity index (χ1v) is 6.22. The lowest BCUT2D eigenvalue weighted by atomic mass is 10.1. The maximum atomic E-state index is 4.26. The number of aryl methyl sites for hydroxylation is 1. The molecule has 0 amide bonds. The topological polar surface area (TPSA) is 24.9 Å². The molecule has 2 aromatic rings. The first-order chi connectivity index (χ1) is 7.20. The molecule has 0 bridgehead atoms. The van der Waals surface area contributed by atoms with Gasteiger partial charge in [0.1, 0.15) is 0 Å². The predicted molar refractivity (Wildman–Crippen MR) is 69.5 cm³/mol. The zero-order valence-electron chi connectivity index (χ0n) is 8.54. The van der Waals surface area contributed by atoms with Crippen molar-refractivity contribution in [2.45, 2.75) is 6.92 Å². The van der Waals surface area contributed by atoms with Crippen LogP contribution < -0.4 is 5.32 Å². The Labute approximate surface area is 101 Å². The van der Waals surface area contributed by atoms with E-state index in [0.717, 1.165) is 9.60 Å². The second-order valence-electron chi connectivity index (χ2n) is 3.24. The number of hydrogen-bond donors (Lipinski definition) is 1.